The van der Waals surface area contributed by atoms with Gasteiger partial charge in [0.15, 0.2) is 6.29 Å². The Morgan fingerprint density at radius 1 is 1.26 bits per heavy atom. The summed E-state index contributed by atoms with van der Waals surface area (Å²) in [5.74, 6) is 2.51. The third-order valence-electron chi connectivity index (χ3n) is 4.08. The van der Waals surface area contributed by atoms with Crippen LogP contribution in [-0.2, 0) is 0 Å². The third kappa shape index (κ3) is 6.59. The molecule has 3 rings (SSSR count). The van der Waals surface area contributed by atoms with Crippen LogP contribution in [0.2, 0.25) is 10.0 Å². The highest BCUT2D eigenvalue weighted by Gasteiger charge is 2.23. The molecule has 0 unspecified atom stereocenters. The van der Waals surface area contributed by atoms with Gasteiger partial charge >= 0.3 is 0 Å². The summed E-state index contributed by atoms with van der Waals surface area (Å²) in [6.07, 6.45) is 4.91. The van der Waals surface area contributed by atoms with Crippen molar-refractivity contribution in [2.75, 3.05) is 29.0 Å². The van der Waals surface area contributed by atoms with Gasteiger partial charge in [-0.25, -0.2) is 4.98 Å². The van der Waals surface area contributed by atoms with E-state index in [2.05, 4.69) is 29.4 Å². The third-order valence-corrected chi connectivity index (χ3v) is 5.63. The highest BCUT2D eigenvalue weighted by molar-refractivity contribution is 8.00. The zero-order valence-electron chi connectivity index (χ0n) is 15.8. The number of carbonyl (C=O) groups is 1. The molecule has 1 aromatic carbocycles. The summed E-state index contributed by atoms with van der Waals surface area (Å²) in [4.78, 5) is 14.9. The Hall–Kier alpha value is -1.43. The minimum atomic E-state index is 0.395. The summed E-state index contributed by atoms with van der Waals surface area (Å²) in [7, 11) is 1.92. The summed E-state index contributed by atoms with van der Waals surface area (Å²) in [6.45, 7) is 4.95. The number of aldehydes is 1. The van der Waals surface area contributed by atoms with Crippen LogP contribution < -0.4 is 9.62 Å². The SMILES string of the molecule is CCSN(CC)c1cc(C=O)c(Cl)cn1.CNc1cc(Cl)cc(C2CC2)c1. The molecule has 0 amide bonds. The fraction of sp³-hybridized carbons (Fsp3) is 0.400. The van der Waals surface area contributed by atoms with E-state index < -0.39 is 0 Å². The molecule has 7 heteroatoms. The molecule has 1 aliphatic carbocycles. The molecule has 1 N–H and O–H groups in total. The fourth-order valence-corrected chi connectivity index (χ4v) is 3.67. The minimum Gasteiger partial charge on any atom is -0.388 e. The largest absolute Gasteiger partial charge is 0.388 e. The van der Waals surface area contributed by atoms with E-state index >= 15 is 0 Å². The molecule has 1 aromatic heterocycles. The molecule has 4 nitrogen and oxygen atoms in total. The van der Waals surface area contributed by atoms with E-state index in [9.17, 15) is 4.79 Å². The lowest BCUT2D eigenvalue weighted by atomic mass is 10.1. The molecule has 1 aliphatic rings. The normalized spacial score (nSPS) is 12.8. The first-order valence-electron chi connectivity index (χ1n) is 9.01. The molecule has 0 saturated heterocycles. The molecule has 0 radical (unpaired) electrons. The van der Waals surface area contributed by atoms with Gasteiger partial charge in [-0.05, 0) is 67.5 Å². The number of halogens is 2. The quantitative estimate of drug-likeness (QED) is 0.416. The smallest absolute Gasteiger partial charge is 0.151 e. The molecule has 27 heavy (non-hydrogen) atoms. The molecule has 146 valence electrons. The van der Waals surface area contributed by atoms with Crippen molar-refractivity contribution in [3.63, 3.8) is 0 Å². The van der Waals surface area contributed by atoms with Gasteiger partial charge in [-0.2, -0.15) is 0 Å². The molecule has 2 aromatic rings. The van der Waals surface area contributed by atoms with Gasteiger partial charge in [-0.3, -0.25) is 4.79 Å². The number of aromatic nitrogens is 1. The number of nitrogens with zero attached hydrogens (tertiary/aromatic N) is 2. The number of hydrogen-bond donors (Lipinski definition) is 1. The second kappa shape index (κ2) is 10.8. The van der Waals surface area contributed by atoms with Gasteiger partial charge in [0.1, 0.15) is 5.82 Å². The lowest BCUT2D eigenvalue weighted by molar-refractivity contribution is 0.112. The van der Waals surface area contributed by atoms with Gasteiger partial charge in [-0.15, -0.1) is 0 Å². The Labute approximate surface area is 175 Å². The van der Waals surface area contributed by atoms with Crippen LogP contribution in [0.15, 0.2) is 30.5 Å². The van der Waals surface area contributed by atoms with E-state index in [1.165, 1.54) is 24.6 Å². The highest BCUT2D eigenvalue weighted by Crippen LogP contribution is 2.41. The van der Waals surface area contributed by atoms with Gasteiger partial charge in [0.05, 0.1) is 5.02 Å². The first-order valence-corrected chi connectivity index (χ1v) is 10.7. The van der Waals surface area contributed by atoms with E-state index in [1.54, 1.807) is 18.0 Å². The van der Waals surface area contributed by atoms with Gasteiger partial charge in [-0.1, -0.05) is 30.1 Å². The summed E-state index contributed by atoms with van der Waals surface area (Å²) >= 11 is 13.4. The lowest BCUT2D eigenvalue weighted by Crippen LogP contribution is -2.15. The minimum absolute atomic E-state index is 0.395. The second-order valence-electron chi connectivity index (χ2n) is 6.09. The number of rotatable bonds is 7. The number of anilines is 2. The van der Waals surface area contributed by atoms with E-state index in [0.717, 1.165) is 41.0 Å². The van der Waals surface area contributed by atoms with E-state index in [-0.39, 0.29) is 0 Å². The summed E-state index contributed by atoms with van der Waals surface area (Å²) in [6, 6.07) is 7.92. The maximum absolute atomic E-state index is 10.7. The summed E-state index contributed by atoms with van der Waals surface area (Å²) in [5.41, 5.74) is 2.98. The maximum Gasteiger partial charge on any atom is 0.151 e. The molecule has 1 saturated carbocycles. The Morgan fingerprint density at radius 3 is 2.56 bits per heavy atom. The van der Waals surface area contributed by atoms with Crippen LogP contribution in [0.1, 0.15) is 48.5 Å². The van der Waals surface area contributed by atoms with Crippen LogP contribution in [0, 0.1) is 0 Å². The molecule has 0 spiro atoms. The van der Waals surface area contributed by atoms with Crippen LogP contribution in [0.25, 0.3) is 0 Å². The molecular formula is C20H25Cl2N3OS. The molecule has 0 bridgehead atoms. The maximum atomic E-state index is 10.7. The van der Waals surface area contributed by atoms with Crippen molar-refractivity contribution in [3.05, 3.63) is 51.6 Å². The number of pyridine rings is 1. The van der Waals surface area contributed by atoms with Crippen molar-refractivity contribution in [1.82, 2.24) is 4.98 Å². The average Bonchev–Trinajstić information content (AvgIpc) is 3.52. The molecule has 1 heterocycles. The van der Waals surface area contributed by atoms with Gasteiger partial charge in [0.2, 0.25) is 0 Å². The summed E-state index contributed by atoms with van der Waals surface area (Å²) < 4.78 is 2.03. The van der Waals surface area contributed by atoms with Crippen molar-refractivity contribution in [2.24, 2.45) is 0 Å². The second-order valence-corrected chi connectivity index (χ2v) is 8.21. The first-order chi connectivity index (χ1) is 13.0. The molecule has 1 fully saturated rings. The fourth-order valence-electron chi connectivity index (χ4n) is 2.55. The lowest BCUT2D eigenvalue weighted by Gasteiger charge is -2.19. The van der Waals surface area contributed by atoms with Crippen LogP contribution in [0.4, 0.5) is 11.5 Å². The Kier molecular flexibility index (Phi) is 8.74. The van der Waals surface area contributed by atoms with Crippen LogP contribution in [0.5, 0.6) is 0 Å². The van der Waals surface area contributed by atoms with Crippen LogP contribution in [-0.4, -0.2) is 30.6 Å². The first kappa shape index (κ1) is 21.9. The monoisotopic (exact) mass is 425 g/mol. The number of hydrogen-bond acceptors (Lipinski definition) is 5. The predicted octanol–water partition coefficient (Wildman–Crippen LogP) is 6.30. The average molecular weight is 426 g/mol. The van der Waals surface area contributed by atoms with Crippen molar-refractivity contribution in [1.29, 1.82) is 0 Å². The van der Waals surface area contributed by atoms with E-state index in [4.69, 9.17) is 23.2 Å². The number of nitrogens with one attached hydrogen (secondary N) is 1. The standard InChI is InChI=1S/C10H13ClN2OS.C10H12ClN/c1-3-13(15-4-2)10-5-8(7-14)9(11)6-12-10;1-12-10-5-8(7-2-3-7)4-9(11)6-10/h5-7H,3-4H2,1-2H3;4-7,12H,2-3H2,1H3. The Bertz CT molecular complexity index is 769. The predicted molar refractivity (Wildman–Crippen MR) is 119 cm³/mol. The van der Waals surface area contributed by atoms with Crippen LogP contribution >= 0.6 is 35.1 Å². The number of benzene rings is 1. The van der Waals surface area contributed by atoms with Crippen LogP contribution in [0.3, 0.4) is 0 Å². The number of carbonyl (C=O) groups excluding carboxylic acids is 1. The Morgan fingerprint density at radius 2 is 2.00 bits per heavy atom. The highest BCUT2D eigenvalue weighted by atomic mass is 35.5. The topological polar surface area (TPSA) is 45.2 Å². The van der Waals surface area contributed by atoms with Crippen molar-refractivity contribution < 1.29 is 4.79 Å². The van der Waals surface area contributed by atoms with E-state index in [1.807, 2.05) is 24.3 Å². The molecule has 0 aliphatic heterocycles. The van der Waals surface area contributed by atoms with Crippen molar-refractivity contribution >= 4 is 52.9 Å². The van der Waals surface area contributed by atoms with Gasteiger partial charge in [0.25, 0.3) is 0 Å². The van der Waals surface area contributed by atoms with Gasteiger partial charge < -0.3 is 9.62 Å². The molecule has 0 atom stereocenters. The molecular weight excluding hydrogens is 401 g/mol. The zero-order valence-corrected chi connectivity index (χ0v) is 18.2. The zero-order chi connectivity index (χ0) is 19.8. The van der Waals surface area contributed by atoms with Crippen molar-refractivity contribution in [2.45, 2.75) is 32.6 Å². The van der Waals surface area contributed by atoms with Gasteiger partial charge in [0, 0.05) is 41.8 Å². The summed E-state index contributed by atoms with van der Waals surface area (Å²) in [5, 5.41) is 4.34. The Balaban J connectivity index is 0.000000198. The van der Waals surface area contributed by atoms with E-state index in [0.29, 0.717) is 10.6 Å². The van der Waals surface area contributed by atoms with Crippen molar-refractivity contribution in [3.8, 4) is 0 Å².